The fourth-order valence-electron chi connectivity index (χ4n) is 1.16. The van der Waals surface area contributed by atoms with Crippen LogP contribution in [0.25, 0.3) is 0 Å². The van der Waals surface area contributed by atoms with E-state index in [9.17, 15) is 9.59 Å². The van der Waals surface area contributed by atoms with E-state index in [1.807, 2.05) is 6.92 Å². The summed E-state index contributed by atoms with van der Waals surface area (Å²) in [5.41, 5.74) is 3.18. The van der Waals surface area contributed by atoms with E-state index in [4.69, 9.17) is 15.6 Å². The Hall–Kier alpha value is -1.30. The maximum absolute atomic E-state index is 11.5. The maximum Gasteiger partial charge on any atom is 0.409 e. The molecule has 0 aliphatic rings. The quantitative estimate of drug-likeness (QED) is 0.637. The zero-order chi connectivity index (χ0) is 13.7. The summed E-state index contributed by atoms with van der Waals surface area (Å²) >= 11 is 0. The molecule has 0 aliphatic carbocycles. The minimum absolute atomic E-state index is 0.165. The smallest absolute Gasteiger partial charge is 0.409 e. The number of amides is 1. The number of hydrogen-bond acceptors (Lipinski definition) is 4. The summed E-state index contributed by atoms with van der Waals surface area (Å²) in [6, 6.07) is 0. The number of rotatable bonds is 5. The van der Waals surface area contributed by atoms with Gasteiger partial charge in [0.1, 0.15) is 5.60 Å². The minimum atomic E-state index is -1.77. The van der Waals surface area contributed by atoms with Crippen molar-refractivity contribution in [3.63, 3.8) is 0 Å². The second kappa shape index (κ2) is 5.86. The van der Waals surface area contributed by atoms with E-state index in [1.165, 1.54) is 0 Å². The molecule has 6 heteroatoms. The number of carboxylic acids is 1. The van der Waals surface area contributed by atoms with Crippen LogP contribution < -0.4 is 11.1 Å². The van der Waals surface area contributed by atoms with E-state index in [0.717, 1.165) is 6.42 Å². The van der Waals surface area contributed by atoms with Gasteiger partial charge in [-0.3, -0.25) is 11.1 Å². The molecule has 0 aromatic carbocycles. The predicted molar refractivity (Wildman–Crippen MR) is 63.4 cm³/mol. The van der Waals surface area contributed by atoms with Gasteiger partial charge in [-0.2, -0.15) is 0 Å². The van der Waals surface area contributed by atoms with Gasteiger partial charge >= 0.3 is 12.1 Å². The lowest BCUT2D eigenvalue weighted by molar-refractivity contribution is -0.145. The van der Waals surface area contributed by atoms with Crippen molar-refractivity contribution < 1.29 is 19.4 Å². The molecule has 0 rings (SSSR count). The van der Waals surface area contributed by atoms with E-state index in [-0.39, 0.29) is 6.42 Å². The first kappa shape index (κ1) is 15.7. The van der Waals surface area contributed by atoms with Gasteiger partial charge in [0, 0.05) is 0 Å². The normalized spacial score (nSPS) is 14.9. The largest absolute Gasteiger partial charge is 0.478 e. The molecule has 0 bridgehead atoms. The fourth-order valence-corrected chi connectivity index (χ4v) is 1.16. The van der Waals surface area contributed by atoms with E-state index >= 15 is 0 Å². The first-order chi connectivity index (χ1) is 7.60. The minimum Gasteiger partial charge on any atom is -0.478 e. The van der Waals surface area contributed by atoms with Gasteiger partial charge in [-0.25, -0.2) is 9.59 Å². The van der Waals surface area contributed by atoms with Crippen LogP contribution in [0.15, 0.2) is 0 Å². The highest BCUT2D eigenvalue weighted by Crippen LogP contribution is 2.12. The fraction of sp³-hybridized carbons (Fsp3) is 0.818. The van der Waals surface area contributed by atoms with Crippen LogP contribution in [0.4, 0.5) is 4.79 Å². The molecular formula is C11H22N2O4. The predicted octanol–water partition coefficient (Wildman–Crippen LogP) is 1.44. The molecule has 0 radical (unpaired) electrons. The number of carbonyl (C=O) groups excluding carboxylic acids is 1. The first-order valence-electron chi connectivity index (χ1n) is 5.64. The second-order valence-corrected chi connectivity index (χ2v) is 5.01. The molecule has 0 saturated heterocycles. The zero-order valence-corrected chi connectivity index (χ0v) is 10.9. The molecule has 1 amide bonds. The molecule has 1 atom stereocenters. The number of hydrogen-bond donors (Lipinski definition) is 3. The highest BCUT2D eigenvalue weighted by Gasteiger charge is 2.36. The summed E-state index contributed by atoms with van der Waals surface area (Å²) in [4.78, 5) is 22.5. The molecule has 1 unspecified atom stereocenters. The number of nitrogens with one attached hydrogen (secondary N) is 1. The highest BCUT2D eigenvalue weighted by molar-refractivity contribution is 5.83. The summed E-state index contributed by atoms with van der Waals surface area (Å²) in [7, 11) is 0. The molecule has 100 valence electrons. The van der Waals surface area contributed by atoms with Crippen molar-refractivity contribution in [2.75, 3.05) is 0 Å². The number of alkyl carbamates (subject to hydrolysis) is 1. The van der Waals surface area contributed by atoms with E-state index < -0.39 is 23.3 Å². The van der Waals surface area contributed by atoms with Crippen LogP contribution in [0.3, 0.4) is 0 Å². The highest BCUT2D eigenvalue weighted by atomic mass is 16.6. The van der Waals surface area contributed by atoms with Crippen molar-refractivity contribution in [1.29, 1.82) is 0 Å². The Kier molecular flexibility index (Phi) is 5.41. The summed E-state index contributed by atoms with van der Waals surface area (Å²) in [6.07, 6.45) is 0.748. The van der Waals surface area contributed by atoms with Crippen molar-refractivity contribution in [1.82, 2.24) is 5.32 Å². The van der Waals surface area contributed by atoms with Crippen LogP contribution >= 0.6 is 0 Å². The molecule has 0 saturated carbocycles. The Balaban J connectivity index is 4.55. The Labute approximate surface area is 102 Å². The Bertz CT molecular complexity index is 286. The van der Waals surface area contributed by atoms with Gasteiger partial charge in [0.15, 0.2) is 5.66 Å². The Morgan fingerprint density at radius 2 is 1.88 bits per heavy atom. The number of carboxylic acid groups (broad SMARTS) is 1. The molecule has 6 nitrogen and oxygen atoms in total. The molecular weight excluding hydrogens is 224 g/mol. The second-order valence-electron chi connectivity index (χ2n) is 5.01. The monoisotopic (exact) mass is 246 g/mol. The summed E-state index contributed by atoms with van der Waals surface area (Å²) < 4.78 is 4.97. The molecule has 0 heterocycles. The molecule has 0 aliphatic heterocycles. The van der Waals surface area contributed by atoms with Crippen molar-refractivity contribution in [2.45, 2.75) is 58.2 Å². The number of carbonyl (C=O) groups is 2. The third kappa shape index (κ3) is 6.11. The third-order valence-electron chi connectivity index (χ3n) is 2.03. The first-order valence-corrected chi connectivity index (χ1v) is 5.64. The lowest BCUT2D eigenvalue weighted by atomic mass is 10.0. The van der Waals surface area contributed by atoms with Gasteiger partial charge in [-0.05, 0) is 33.6 Å². The molecule has 0 fully saturated rings. The molecule has 4 N–H and O–H groups in total. The standard InChI is InChI=1S/C11H22N2O4/c1-5-6-7-11(12,8(14)15)13-9(16)17-10(2,3)4/h5-7,12H2,1-4H3,(H,13,16)(H,14,15). The topological polar surface area (TPSA) is 102 Å². The average Bonchev–Trinajstić information content (AvgIpc) is 2.11. The van der Waals surface area contributed by atoms with Gasteiger partial charge in [0.05, 0.1) is 0 Å². The van der Waals surface area contributed by atoms with Crippen molar-refractivity contribution in [3.05, 3.63) is 0 Å². The summed E-state index contributed by atoms with van der Waals surface area (Å²) in [5, 5.41) is 11.2. The number of aliphatic carboxylic acids is 1. The van der Waals surface area contributed by atoms with Crippen molar-refractivity contribution >= 4 is 12.1 Å². The average molecular weight is 246 g/mol. The van der Waals surface area contributed by atoms with Gasteiger partial charge in [0.25, 0.3) is 0 Å². The van der Waals surface area contributed by atoms with Crippen molar-refractivity contribution in [3.8, 4) is 0 Å². The van der Waals surface area contributed by atoms with E-state index in [1.54, 1.807) is 20.8 Å². The van der Waals surface area contributed by atoms with Gasteiger partial charge in [-0.15, -0.1) is 0 Å². The van der Waals surface area contributed by atoms with Gasteiger partial charge in [-0.1, -0.05) is 13.3 Å². The summed E-state index contributed by atoms with van der Waals surface area (Å²) in [6.45, 7) is 6.99. The van der Waals surface area contributed by atoms with Crippen LogP contribution in [0.2, 0.25) is 0 Å². The molecule has 0 aromatic rings. The van der Waals surface area contributed by atoms with Gasteiger partial charge in [0.2, 0.25) is 0 Å². The zero-order valence-electron chi connectivity index (χ0n) is 10.9. The summed E-state index contributed by atoms with van der Waals surface area (Å²) in [5.74, 6) is -1.27. The number of nitrogens with two attached hydrogens (primary N) is 1. The number of ether oxygens (including phenoxy) is 1. The third-order valence-corrected chi connectivity index (χ3v) is 2.03. The Morgan fingerprint density at radius 1 is 1.35 bits per heavy atom. The van der Waals surface area contributed by atoms with Crippen LogP contribution in [-0.4, -0.2) is 28.4 Å². The van der Waals surface area contributed by atoms with Crippen LogP contribution in [-0.2, 0) is 9.53 Å². The lowest BCUT2D eigenvalue weighted by Crippen LogP contribution is -2.62. The maximum atomic E-state index is 11.5. The van der Waals surface area contributed by atoms with Crippen LogP contribution in [0.1, 0.15) is 47.0 Å². The van der Waals surface area contributed by atoms with E-state index in [0.29, 0.717) is 6.42 Å². The van der Waals surface area contributed by atoms with E-state index in [2.05, 4.69) is 5.32 Å². The SMILES string of the molecule is CCCCC(N)(NC(=O)OC(C)(C)C)C(=O)O. The molecule has 17 heavy (non-hydrogen) atoms. The van der Waals surface area contributed by atoms with Gasteiger partial charge < -0.3 is 9.84 Å². The number of unbranched alkanes of at least 4 members (excludes halogenated alkanes) is 1. The molecule has 0 spiro atoms. The molecule has 0 aromatic heterocycles. The van der Waals surface area contributed by atoms with Crippen LogP contribution in [0.5, 0.6) is 0 Å². The Morgan fingerprint density at radius 3 is 2.24 bits per heavy atom. The van der Waals surface area contributed by atoms with Crippen molar-refractivity contribution in [2.24, 2.45) is 5.73 Å². The lowest BCUT2D eigenvalue weighted by Gasteiger charge is -2.28. The van der Waals surface area contributed by atoms with Crippen LogP contribution in [0, 0.1) is 0 Å².